The molecule has 7 nitrogen and oxygen atoms in total. The Labute approximate surface area is 181 Å². The van der Waals surface area contributed by atoms with Crippen molar-refractivity contribution >= 4 is 52.5 Å². The van der Waals surface area contributed by atoms with E-state index < -0.39 is 4.92 Å². The largest absolute Gasteiger partial charge is 0.335 e. The molecule has 2 aromatic rings. The molecule has 3 rings (SSSR count). The van der Waals surface area contributed by atoms with Crippen molar-refractivity contribution in [1.29, 1.82) is 0 Å². The lowest BCUT2D eigenvalue weighted by Crippen LogP contribution is -2.50. The molecule has 0 atom stereocenters. The molecule has 29 heavy (non-hydrogen) atoms. The van der Waals surface area contributed by atoms with E-state index in [4.69, 9.17) is 23.2 Å². The van der Waals surface area contributed by atoms with E-state index in [1.165, 1.54) is 17.8 Å². The van der Waals surface area contributed by atoms with Crippen molar-refractivity contribution in [3.8, 4) is 0 Å². The number of nitrogens with zero attached hydrogens (tertiary/aromatic N) is 3. The summed E-state index contributed by atoms with van der Waals surface area (Å²) in [6, 6.07) is 9.35. The summed E-state index contributed by atoms with van der Waals surface area (Å²) in [6.45, 7) is 1.30. The topological polar surface area (TPSA) is 83.8 Å². The van der Waals surface area contributed by atoms with E-state index in [-0.39, 0.29) is 28.1 Å². The van der Waals surface area contributed by atoms with Gasteiger partial charge in [0.2, 0.25) is 0 Å². The van der Waals surface area contributed by atoms with E-state index in [1.807, 2.05) is 0 Å². The molecule has 2 amide bonds. The molecule has 0 aliphatic carbocycles. The fraction of sp³-hybridized carbons (Fsp3) is 0.263. The van der Waals surface area contributed by atoms with Crippen LogP contribution in [0.5, 0.6) is 0 Å². The summed E-state index contributed by atoms with van der Waals surface area (Å²) in [5.74, 6) is -0.543. The van der Waals surface area contributed by atoms with Crippen LogP contribution in [-0.2, 0) is 0 Å². The third kappa shape index (κ3) is 4.49. The molecule has 1 aliphatic rings. The zero-order valence-corrected chi connectivity index (χ0v) is 17.8. The number of halogens is 2. The smallest absolute Gasteiger partial charge is 0.283 e. The first-order valence-electron chi connectivity index (χ1n) is 8.68. The van der Waals surface area contributed by atoms with E-state index in [0.29, 0.717) is 41.7 Å². The SMILES string of the molecule is CSc1ccc(C(=O)N2CCN(C(=O)c3cccc(Cl)c3Cl)CC2)cc1[N+](=O)[O-]. The Morgan fingerprint density at radius 2 is 1.66 bits per heavy atom. The minimum atomic E-state index is -0.492. The Kier molecular flexibility index (Phi) is 6.66. The normalized spacial score (nSPS) is 14.0. The van der Waals surface area contributed by atoms with E-state index in [9.17, 15) is 19.7 Å². The maximum Gasteiger partial charge on any atom is 0.283 e. The molecule has 2 aromatic carbocycles. The van der Waals surface area contributed by atoms with E-state index in [0.717, 1.165) is 0 Å². The van der Waals surface area contributed by atoms with Gasteiger partial charge in [-0.25, -0.2) is 0 Å². The molecule has 0 bridgehead atoms. The molecule has 152 valence electrons. The molecule has 0 N–H and O–H groups in total. The van der Waals surface area contributed by atoms with Crippen molar-refractivity contribution in [1.82, 2.24) is 9.80 Å². The molecule has 10 heteroatoms. The second-order valence-electron chi connectivity index (χ2n) is 6.33. The zero-order valence-electron chi connectivity index (χ0n) is 15.4. The van der Waals surface area contributed by atoms with Crippen LogP contribution in [-0.4, -0.2) is 59.0 Å². The highest BCUT2D eigenvalue weighted by Crippen LogP contribution is 2.29. The van der Waals surface area contributed by atoms with Crippen LogP contribution < -0.4 is 0 Å². The molecule has 1 fully saturated rings. The Morgan fingerprint density at radius 3 is 2.24 bits per heavy atom. The number of thioether (sulfide) groups is 1. The monoisotopic (exact) mass is 453 g/mol. The standard InChI is InChI=1S/C19H17Cl2N3O4S/c1-29-16-6-5-12(11-15(16)24(27)28)18(25)22-7-9-23(10-8-22)19(26)13-3-2-4-14(20)17(13)21/h2-6,11H,7-10H2,1H3. The van der Waals surface area contributed by atoms with Crippen molar-refractivity contribution < 1.29 is 14.5 Å². The van der Waals surface area contributed by atoms with Gasteiger partial charge in [0, 0.05) is 37.8 Å². The van der Waals surface area contributed by atoms with Gasteiger partial charge in [0.25, 0.3) is 17.5 Å². The number of hydrogen-bond donors (Lipinski definition) is 0. The number of hydrogen-bond acceptors (Lipinski definition) is 5. The second kappa shape index (κ2) is 9.02. The van der Waals surface area contributed by atoms with E-state index in [1.54, 1.807) is 46.4 Å². The van der Waals surface area contributed by atoms with E-state index in [2.05, 4.69) is 0 Å². The summed E-state index contributed by atoms with van der Waals surface area (Å²) >= 11 is 13.4. The molecule has 1 aliphatic heterocycles. The summed E-state index contributed by atoms with van der Waals surface area (Å²) in [7, 11) is 0. The van der Waals surface area contributed by atoms with Crippen LogP contribution in [0, 0.1) is 10.1 Å². The van der Waals surface area contributed by atoms with Gasteiger partial charge in [0.05, 0.1) is 25.4 Å². The predicted molar refractivity (Wildman–Crippen MR) is 113 cm³/mol. The summed E-state index contributed by atoms with van der Waals surface area (Å²) in [5.41, 5.74) is 0.488. The number of carbonyl (C=O) groups excluding carboxylic acids is 2. The molecule has 1 saturated heterocycles. The molecular formula is C19H17Cl2N3O4S. The van der Waals surface area contributed by atoms with Gasteiger partial charge in [0.15, 0.2) is 0 Å². The lowest BCUT2D eigenvalue weighted by molar-refractivity contribution is -0.387. The minimum Gasteiger partial charge on any atom is -0.335 e. The molecule has 0 spiro atoms. The van der Waals surface area contributed by atoms with Crippen molar-refractivity contribution in [3.63, 3.8) is 0 Å². The summed E-state index contributed by atoms with van der Waals surface area (Å²) in [4.78, 5) is 39.9. The number of rotatable bonds is 4. The van der Waals surface area contributed by atoms with Crippen LogP contribution in [0.4, 0.5) is 5.69 Å². The maximum absolute atomic E-state index is 12.8. The van der Waals surface area contributed by atoms with Gasteiger partial charge in [-0.2, -0.15) is 0 Å². The number of nitro benzene ring substituents is 1. The fourth-order valence-electron chi connectivity index (χ4n) is 3.10. The van der Waals surface area contributed by atoms with Gasteiger partial charge in [-0.1, -0.05) is 29.3 Å². The molecular weight excluding hydrogens is 437 g/mol. The zero-order chi connectivity index (χ0) is 21.1. The van der Waals surface area contributed by atoms with E-state index >= 15 is 0 Å². The number of nitro groups is 1. The van der Waals surface area contributed by atoms with Gasteiger partial charge in [-0.05, 0) is 30.5 Å². The van der Waals surface area contributed by atoms with Crippen molar-refractivity contribution in [2.24, 2.45) is 0 Å². The van der Waals surface area contributed by atoms with Crippen molar-refractivity contribution in [2.75, 3.05) is 32.4 Å². The third-order valence-corrected chi connectivity index (χ3v) is 6.26. The molecule has 0 radical (unpaired) electrons. The molecule has 0 unspecified atom stereocenters. The summed E-state index contributed by atoms with van der Waals surface area (Å²) in [5, 5.41) is 11.8. The number of amides is 2. The Hall–Kier alpha value is -2.29. The second-order valence-corrected chi connectivity index (χ2v) is 7.96. The van der Waals surface area contributed by atoms with Gasteiger partial charge in [-0.3, -0.25) is 19.7 Å². The first-order valence-corrected chi connectivity index (χ1v) is 10.7. The van der Waals surface area contributed by atoms with Crippen LogP contribution >= 0.6 is 35.0 Å². The Balaban J connectivity index is 1.70. The lowest BCUT2D eigenvalue weighted by Gasteiger charge is -2.35. The van der Waals surface area contributed by atoms with Gasteiger partial charge in [0.1, 0.15) is 0 Å². The maximum atomic E-state index is 12.8. The van der Waals surface area contributed by atoms with Crippen LogP contribution in [0.3, 0.4) is 0 Å². The highest BCUT2D eigenvalue weighted by molar-refractivity contribution is 7.98. The van der Waals surface area contributed by atoms with Crippen molar-refractivity contribution in [3.05, 3.63) is 67.7 Å². The molecule has 0 aromatic heterocycles. The highest BCUT2D eigenvalue weighted by Gasteiger charge is 2.28. The highest BCUT2D eigenvalue weighted by atomic mass is 35.5. The number of piperazine rings is 1. The first-order chi connectivity index (χ1) is 13.8. The quantitative estimate of drug-likeness (QED) is 0.393. The van der Waals surface area contributed by atoms with Gasteiger partial charge < -0.3 is 9.80 Å². The summed E-state index contributed by atoms with van der Waals surface area (Å²) in [6.07, 6.45) is 1.74. The number of carbonyl (C=O) groups is 2. The van der Waals surface area contributed by atoms with Crippen molar-refractivity contribution in [2.45, 2.75) is 4.90 Å². The third-order valence-electron chi connectivity index (χ3n) is 4.66. The van der Waals surface area contributed by atoms with Crippen LogP contribution in [0.1, 0.15) is 20.7 Å². The average molecular weight is 454 g/mol. The first kappa shape index (κ1) is 21.4. The average Bonchev–Trinajstić information content (AvgIpc) is 2.74. The Bertz CT molecular complexity index is 978. The van der Waals surface area contributed by atoms with Gasteiger partial charge >= 0.3 is 0 Å². The van der Waals surface area contributed by atoms with Crippen LogP contribution in [0.25, 0.3) is 0 Å². The Morgan fingerprint density at radius 1 is 1.03 bits per heavy atom. The molecule has 1 heterocycles. The molecule has 0 saturated carbocycles. The van der Waals surface area contributed by atoms with Crippen LogP contribution in [0.2, 0.25) is 10.0 Å². The number of benzene rings is 2. The summed E-state index contributed by atoms with van der Waals surface area (Å²) < 4.78 is 0. The minimum absolute atomic E-state index is 0.0900. The lowest BCUT2D eigenvalue weighted by atomic mass is 10.1. The van der Waals surface area contributed by atoms with Gasteiger partial charge in [-0.15, -0.1) is 11.8 Å². The fourth-order valence-corrected chi connectivity index (χ4v) is 4.03. The van der Waals surface area contributed by atoms with Crippen LogP contribution in [0.15, 0.2) is 41.3 Å². The predicted octanol–water partition coefficient (Wildman–Crippen LogP) is 4.22.